The number of nitrogens with zero attached hydrogens (tertiary/aromatic N) is 3. The summed E-state index contributed by atoms with van der Waals surface area (Å²) in [7, 11) is 0. The molecule has 0 aliphatic rings. The quantitative estimate of drug-likeness (QED) is 0.800. The second-order valence-corrected chi connectivity index (χ2v) is 4.37. The Labute approximate surface area is 121 Å². The summed E-state index contributed by atoms with van der Waals surface area (Å²) in [6, 6.07) is 7.51. The van der Waals surface area contributed by atoms with Crippen LogP contribution in [0, 0.1) is 0 Å². The molecule has 1 N–H and O–H groups in total. The first-order valence-electron chi connectivity index (χ1n) is 6.05. The van der Waals surface area contributed by atoms with Gasteiger partial charge in [-0.1, -0.05) is 34.6 Å². The van der Waals surface area contributed by atoms with Crippen molar-refractivity contribution >= 4 is 0 Å². The normalized spacial score (nSPS) is 13.3. The zero-order chi connectivity index (χ0) is 15.7. The van der Waals surface area contributed by atoms with Crippen molar-refractivity contribution in [1.82, 2.24) is 15.3 Å². The molecule has 0 aliphatic carbocycles. The van der Waals surface area contributed by atoms with Gasteiger partial charge >= 0.3 is 12.1 Å². The van der Waals surface area contributed by atoms with E-state index in [1.165, 1.54) is 36.6 Å². The second kappa shape index (κ2) is 5.26. The molecule has 0 amide bonds. The number of aromatic nitrogens is 3. The number of benzene rings is 1. The first kappa shape index (κ1) is 14.3. The third-order valence-corrected chi connectivity index (χ3v) is 2.89. The van der Waals surface area contributed by atoms with E-state index in [0.717, 1.165) is 0 Å². The van der Waals surface area contributed by atoms with E-state index < -0.39 is 18.2 Å². The summed E-state index contributed by atoms with van der Waals surface area (Å²) in [6.45, 7) is 0. The van der Waals surface area contributed by atoms with Crippen molar-refractivity contribution in [2.45, 2.75) is 12.3 Å². The van der Waals surface area contributed by atoms with Gasteiger partial charge in [0.2, 0.25) is 5.82 Å². The molecule has 0 spiro atoms. The van der Waals surface area contributed by atoms with Crippen LogP contribution >= 0.6 is 0 Å². The van der Waals surface area contributed by atoms with E-state index in [1.54, 1.807) is 0 Å². The maximum atomic E-state index is 12.4. The van der Waals surface area contributed by atoms with E-state index in [1.807, 2.05) is 0 Å². The molecular weight excluding hydrogens is 303 g/mol. The monoisotopic (exact) mass is 311 g/mol. The van der Waals surface area contributed by atoms with Gasteiger partial charge in [0.1, 0.15) is 18.1 Å². The molecule has 6 nitrogen and oxygen atoms in total. The van der Waals surface area contributed by atoms with Crippen LogP contribution in [-0.2, 0) is 6.18 Å². The van der Waals surface area contributed by atoms with Gasteiger partial charge in [0, 0.05) is 11.6 Å². The zero-order valence-electron chi connectivity index (χ0n) is 10.8. The first-order chi connectivity index (χ1) is 10.4. The molecule has 0 aliphatic heterocycles. The third kappa shape index (κ3) is 2.70. The lowest BCUT2D eigenvalue weighted by Gasteiger charge is -2.07. The minimum Gasteiger partial charge on any atom is -0.382 e. The molecule has 9 heteroatoms. The molecule has 0 fully saturated rings. The van der Waals surface area contributed by atoms with E-state index in [0.29, 0.717) is 16.8 Å². The van der Waals surface area contributed by atoms with Crippen LogP contribution in [0.3, 0.4) is 0 Å². The average Bonchev–Trinajstić information content (AvgIpc) is 3.17. The van der Waals surface area contributed by atoms with Crippen LogP contribution in [0.5, 0.6) is 0 Å². The molecule has 0 saturated carbocycles. The molecule has 0 radical (unpaired) electrons. The first-order valence-corrected chi connectivity index (χ1v) is 6.05. The molecule has 3 aromatic rings. The zero-order valence-corrected chi connectivity index (χ0v) is 10.8. The van der Waals surface area contributed by atoms with Crippen molar-refractivity contribution in [3.63, 3.8) is 0 Å². The van der Waals surface area contributed by atoms with Gasteiger partial charge in [0.25, 0.3) is 0 Å². The molecule has 1 unspecified atom stereocenters. The predicted octanol–water partition coefficient (Wildman–Crippen LogP) is 2.83. The fourth-order valence-corrected chi connectivity index (χ4v) is 1.80. The molecule has 1 aromatic carbocycles. The molecule has 2 heterocycles. The van der Waals surface area contributed by atoms with Crippen LogP contribution in [0.15, 0.2) is 45.6 Å². The lowest BCUT2D eigenvalue weighted by molar-refractivity contribution is -0.159. The number of alkyl halides is 3. The molecule has 2 aromatic heterocycles. The van der Waals surface area contributed by atoms with Gasteiger partial charge in [-0.2, -0.15) is 18.2 Å². The number of rotatable bonds is 3. The Morgan fingerprint density at radius 1 is 1.05 bits per heavy atom. The Morgan fingerprint density at radius 3 is 2.32 bits per heavy atom. The Balaban J connectivity index is 1.84. The van der Waals surface area contributed by atoms with E-state index in [2.05, 4.69) is 24.3 Å². The van der Waals surface area contributed by atoms with Crippen molar-refractivity contribution < 1.29 is 27.3 Å². The summed E-state index contributed by atoms with van der Waals surface area (Å²) in [6.07, 6.45) is -4.36. The largest absolute Gasteiger partial charge is 0.471 e. The van der Waals surface area contributed by atoms with Crippen molar-refractivity contribution in [2.75, 3.05) is 0 Å². The van der Waals surface area contributed by atoms with Gasteiger partial charge in [-0.05, 0) is 5.56 Å². The van der Waals surface area contributed by atoms with Crippen LogP contribution < -0.4 is 0 Å². The summed E-state index contributed by atoms with van der Waals surface area (Å²) in [4.78, 5) is 3.28. The van der Waals surface area contributed by atoms with Gasteiger partial charge in [-0.3, -0.25) is 0 Å². The van der Waals surface area contributed by atoms with Crippen molar-refractivity contribution in [3.05, 3.63) is 53.7 Å². The smallest absolute Gasteiger partial charge is 0.382 e. The highest BCUT2D eigenvalue weighted by Crippen LogP contribution is 2.30. The summed E-state index contributed by atoms with van der Waals surface area (Å²) in [5, 5.41) is 16.9. The number of aliphatic hydroxyl groups is 1. The molecule has 0 saturated heterocycles. The van der Waals surface area contributed by atoms with Crippen LogP contribution in [0.25, 0.3) is 11.4 Å². The Bertz CT molecular complexity index is 751. The lowest BCUT2D eigenvalue weighted by atomic mass is 10.0. The minimum atomic E-state index is -4.69. The number of halogens is 3. The van der Waals surface area contributed by atoms with Crippen LogP contribution in [-0.4, -0.2) is 20.4 Å². The average molecular weight is 311 g/mol. The molecule has 3 rings (SSSR count). The second-order valence-electron chi connectivity index (χ2n) is 4.37. The van der Waals surface area contributed by atoms with E-state index in [9.17, 15) is 18.3 Å². The SMILES string of the molecule is OC(c1ccc(-c2noc(C(F)(F)F)n2)cc1)c1ccon1. The molecule has 1 atom stereocenters. The topological polar surface area (TPSA) is 85.2 Å². The Kier molecular flexibility index (Phi) is 3.41. The summed E-state index contributed by atoms with van der Waals surface area (Å²) >= 11 is 0. The highest BCUT2D eigenvalue weighted by Gasteiger charge is 2.38. The molecular formula is C13H8F3N3O3. The third-order valence-electron chi connectivity index (χ3n) is 2.89. The van der Waals surface area contributed by atoms with Gasteiger partial charge < -0.3 is 14.2 Å². The van der Waals surface area contributed by atoms with E-state index in [4.69, 9.17) is 0 Å². The fraction of sp³-hybridized carbons (Fsp3) is 0.154. The summed E-state index contributed by atoms with van der Waals surface area (Å²) in [5.74, 6) is -1.59. The van der Waals surface area contributed by atoms with Crippen molar-refractivity contribution in [1.29, 1.82) is 0 Å². The maximum absolute atomic E-state index is 12.4. The Morgan fingerprint density at radius 2 is 1.77 bits per heavy atom. The molecule has 0 bridgehead atoms. The summed E-state index contributed by atoms with van der Waals surface area (Å²) in [5.41, 5.74) is 1.15. The minimum absolute atomic E-state index is 0.185. The molecule has 22 heavy (non-hydrogen) atoms. The van der Waals surface area contributed by atoms with Crippen LogP contribution in [0.1, 0.15) is 23.3 Å². The number of hydrogen-bond acceptors (Lipinski definition) is 6. The van der Waals surface area contributed by atoms with Gasteiger partial charge in [0.15, 0.2) is 0 Å². The van der Waals surface area contributed by atoms with Gasteiger partial charge in [0.05, 0.1) is 0 Å². The van der Waals surface area contributed by atoms with Crippen molar-refractivity contribution in [2.24, 2.45) is 0 Å². The van der Waals surface area contributed by atoms with Crippen molar-refractivity contribution in [3.8, 4) is 11.4 Å². The van der Waals surface area contributed by atoms with Crippen LogP contribution in [0.4, 0.5) is 13.2 Å². The Hall–Kier alpha value is -2.68. The number of aliphatic hydroxyl groups excluding tert-OH is 1. The van der Waals surface area contributed by atoms with Gasteiger partial charge in [-0.15, -0.1) is 0 Å². The van der Waals surface area contributed by atoms with E-state index in [-0.39, 0.29) is 5.82 Å². The van der Waals surface area contributed by atoms with Gasteiger partial charge in [-0.25, -0.2) is 0 Å². The standard InChI is InChI=1S/C13H8F3N3O3/c14-13(15,16)12-17-11(19-22-12)8-3-1-7(2-4-8)10(20)9-5-6-21-18-9/h1-6,10,20H. The fourth-order valence-electron chi connectivity index (χ4n) is 1.80. The van der Waals surface area contributed by atoms with Crippen LogP contribution in [0.2, 0.25) is 0 Å². The van der Waals surface area contributed by atoms with E-state index >= 15 is 0 Å². The predicted molar refractivity (Wildman–Crippen MR) is 65.3 cm³/mol. The number of hydrogen-bond donors (Lipinski definition) is 1. The highest BCUT2D eigenvalue weighted by atomic mass is 19.4. The highest BCUT2D eigenvalue weighted by molar-refractivity contribution is 5.55. The summed E-state index contributed by atoms with van der Waals surface area (Å²) < 4.78 is 46.0. The molecule has 114 valence electrons. The lowest BCUT2D eigenvalue weighted by Crippen LogP contribution is -2.04. The maximum Gasteiger partial charge on any atom is 0.471 e.